The highest BCUT2D eigenvalue weighted by atomic mass is 35.5. The van der Waals surface area contributed by atoms with Crippen LogP contribution < -0.4 is 0 Å². The molecule has 0 saturated carbocycles. The van der Waals surface area contributed by atoms with E-state index in [9.17, 15) is 4.79 Å². The SMILES string of the molecule is CCOC(=O)c1cnc(C(c2ccccc2)c2ccccc2Cl)nc1. The van der Waals surface area contributed by atoms with Crippen LogP contribution in [0.3, 0.4) is 0 Å². The average Bonchev–Trinajstić information content (AvgIpc) is 2.65. The summed E-state index contributed by atoms with van der Waals surface area (Å²) in [5.74, 6) is -0.0680. The van der Waals surface area contributed by atoms with Gasteiger partial charge in [-0.2, -0.15) is 0 Å². The number of esters is 1. The number of halogens is 1. The first-order chi connectivity index (χ1) is 12.2. The molecule has 0 aliphatic rings. The Morgan fingerprint density at radius 2 is 1.68 bits per heavy atom. The van der Waals surface area contributed by atoms with Crippen molar-refractivity contribution in [3.05, 3.63) is 94.5 Å². The Morgan fingerprint density at radius 1 is 1.04 bits per heavy atom. The number of nitrogens with zero attached hydrogens (tertiary/aromatic N) is 2. The van der Waals surface area contributed by atoms with Crippen molar-refractivity contribution in [3.63, 3.8) is 0 Å². The highest BCUT2D eigenvalue weighted by molar-refractivity contribution is 6.31. The minimum atomic E-state index is -0.428. The monoisotopic (exact) mass is 352 g/mol. The second-order valence-corrected chi connectivity index (χ2v) is 5.82. The van der Waals surface area contributed by atoms with E-state index in [0.717, 1.165) is 11.1 Å². The lowest BCUT2D eigenvalue weighted by molar-refractivity contribution is 0.0525. The molecular formula is C20H17ClN2O2. The molecule has 3 rings (SSSR count). The van der Waals surface area contributed by atoms with Crippen molar-refractivity contribution in [1.82, 2.24) is 9.97 Å². The molecule has 0 N–H and O–H groups in total. The molecule has 0 bridgehead atoms. The number of hydrogen-bond acceptors (Lipinski definition) is 4. The summed E-state index contributed by atoms with van der Waals surface area (Å²) in [6, 6.07) is 17.5. The molecule has 0 aliphatic carbocycles. The fraction of sp³-hybridized carbons (Fsp3) is 0.150. The number of aromatic nitrogens is 2. The lowest BCUT2D eigenvalue weighted by Gasteiger charge is -2.18. The Morgan fingerprint density at radius 3 is 2.32 bits per heavy atom. The molecule has 0 amide bonds. The molecule has 0 fully saturated rings. The van der Waals surface area contributed by atoms with Crippen LogP contribution in [0, 0.1) is 0 Å². The molecule has 0 spiro atoms. The first-order valence-electron chi connectivity index (χ1n) is 7.99. The molecule has 1 aromatic heterocycles. The van der Waals surface area contributed by atoms with Gasteiger partial charge in [0.15, 0.2) is 0 Å². The third-order valence-electron chi connectivity index (χ3n) is 3.79. The Kier molecular flexibility index (Phi) is 5.41. The summed E-state index contributed by atoms with van der Waals surface area (Å²) in [5, 5.41) is 0.648. The third kappa shape index (κ3) is 3.86. The molecule has 2 aromatic carbocycles. The van der Waals surface area contributed by atoms with Gasteiger partial charge in [0.2, 0.25) is 0 Å². The van der Waals surface area contributed by atoms with E-state index in [4.69, 9.17) is 16.3 Å². The minimum absolute atomic E-state index is 0.217. The molecule has 0 radical (unpaired) electrons. The molecule has 4 nitrogen and oxygen atoms in total. The first kappa shape index (κ1) is 17.1. The van der Waals surface area contributed by atoms with Gasteiger partial charge in [0.1, 0.15) is 5.82 Å². The van der Waals surface area contributed by atoms with Crippen molar-refractivity contribution in [1.29, 1.82) is 0 Å². The maximum absolute atomic E-state index is 11.8. The summed E-state index contributed by atoms with van der Waals surface area (Å²) in [5.41, 5.74) is 2.27. The normalized spacial score (nSPS) is 11.8. The molecule has 0 aliphatic heterocycles. The van der Waals surface area contributed by atoms with Crippen molar-refractivity contribution in [3.8, 4) is 0 Å². The van der Waals surface area contributed by atoms with Crippen LogP contribution in [0.1, 0.15) is 40.2 Å². The molecule has 126 valence electrons. The van der Waals surface area contributed by atoms with Gasteiger partial charge in [-0.25, -0.2) is 14.8 Å². The summed E-state index contributed by atoms with van der Waals surface area (Å²) in [4.78, 5) is 20.6. The van der Waals surface area contributed by atoms with E-state index in [1.165, 1.54) is 12.4 Å². The van der Waals surface area contributed by atoms with Crippen LogP contribution in [0.15, 0.2) is 67.0 Å². The summed E-state index contributed by atoms with van der Waals surface area (Å²) in [6.45, 7) is 2.07. The summed E-state index contributed by atoms with van der Waals surface area (Å²) < 4.78 is 4.98. The first-order valence-corrected chi connectivity index (χ1v) is 8.37. The van der Waals surface area contributed by atoms with Gasteiger partial charge in [0.25, 0.3) is 0 Å². The zero-order valence-electron chi connectivity index (χ0n) is 13.7. The summed E-state index contributed by atoms with van der Waals surface area (Å²) in [6.07, 6.45) is 2.99. The highest BCUT2D eigenvalue weighted by Crippen LogP contribution is 2.33. The highest BCUT2D eigenvalue weighted by Gasteiger charge is 2.22. The molecule has 1 unspecified atom stereocenters. The number of carbonyl (C=O) groups is 1. The van der Waals surface area contributed by atoms with Gasteiger partial charge in [0, 0.05) is 17.4 Å². The quantitative estimate of drug-likeness (QED) is 0.635. The van der Waals surface area contributed by atoms with Crippen LogP contribution in [0.5, 0.6) is 0 Å². The number of carbonyl (C=O) groups excluding carboxylic acids is 1. The van der Waals surface area contributed by atoms with Gasteiger partial charge in [0.05, 0.1) is 18.1 Å². The van der Waals surface area contributed by atoms with Crippen LogP contribution in [0.2, 0.25) is 5.02 Å². The van der Waals surface area contributed by atoms with E-state index < -0.39 is 5.97 Å². The molecule has 3 aromatic rings. The average molecular weight is 353 g/mol. The van der Waals surface area contributed by atoms with Crippen LogP contribution in [-0.4, -0.2) is 22.5 Å². The summed E-state index contributed by atoms with van der Waals surface area (Å²) in [7, 11) is 0. The predicted molar refractivity (Wildman–Crippen MR) is 96.8 cm³/mol. The second kappa shape index (κ2) is 7.90. The van der Waals surface area contributed by atoms with Crippen molar-refractivity contribution in [2.75, 3.05) is 6.61 Å². The molecular weight excluding hydrogens is 336 g/mol. The van der Waals surface area contributed by atoms with E-state index >= 15 is 0 Å². The van der Waals surface area contributed by atoms with E-state index in [1.54, 1.807) is 6.92 Å². The molecule has 5 heteroatoms. The minimum Gasteiger partial charge on any atom is -0.462 e. The van der Waals surface area contributed by atoms with E-state index in [0.29, 0.717) is 23.0 Å². The van der Waals surface area contributed by atoms with Crippen LogP contribution >= 0.6 is 11.6 Å². The predicted octanol–water partition coefficient (Wildman–Crippen LogP) is 4.49. The van der Waals surface area contributed by atoms with Gasteiger partial charge in [-0.3, -0.25) is 0 Å². The maximum atomic E-state index is 11.8. The fourth-order valence-corrected chi connectivity index (χ4v) is 2.87. The maximum Gasteiger partial charge on any atom is 0.341 e. The van der Waals surface area contributed by atoms with Gasteiger partial charge >= 0.3 is 5.97 Å². The van der Waals surface area contributed by atoms with Crippen LogP contribution in [-0.2, 0) is 4.74 Å². The zero-order valence-corrected chi connectivity index (χ0v) is 14.5. The topological polar surface area (TPSA) is 52.1 Å². The van der Waals surface area contributed by atoms with Gasteiger partial charge in [-0.15, -0.1) is 0 Å². The number of ether oxygens (including phenoxy) is 1. The standard InChI is InChI=1S/C20H17ClN2O2/c1-2-25-20(24)15-12-22-19(23-13-15)18(14-8-4-3-5-9-14)16-10-6-7-11-17(16)21/h3-13,18H,2H2,1H3. The molecule has 0 saturated heterocycles. The lowest BCUT2D eigenvalue weighted by atomic mass is 9.90. The van der Waals surface area contributed by atoms with Crippen molar-refractivity contribution >= 4 is 17.6 Å². The Balaban J connectivity index is 2.04. The van der Waals surface area contributed by atoms with E-state index in [1.807, 2.05) is 54.6 Å². The van der Waals surface area contributed by atoms with Crippen molar-refractivity contribution < 1.29 is 9.53 Å². The van der Waals surface area contributed by atoms with Gasteiger partial charge in [-0.05, 0) is 24.1 Å². The van der Waals surface area contributed by atoms with Gasteiger partial charge < -0.3 is 4.74 Å². The largest absolute Gasteiger partial charge is 0.462 e. The van der Waals surface area contributed by atoms with Crippen molar-refractivity contribution in [2.45, 2.75) is 12.8 Å². The Bertz CT molecular complexity index is 851. The third-order valence-corrected chi connectivity index (χ3v) is 4.13. The lowest BCUT2D eigenvalue weighted by Crippen LogP contribution is -2.11. The number of rotatable bonds is 5. The van der Waals surface area contributed by atoms with E-state index in [2.05, 4.69) is 9.97 Å². The summed E-state index contributed by atoms with van der Waals surface area (Å²) >= 11 is 6.41. The van der Waals surface area contributed by atoms with Crippen molar-refractivity contribution in [2.24, 2.45) is 0 Å². The molecule has 1 atom stereocenters. The van der Waals surface area contributed by atoms with E-state index in [-0.39, 0.29) is 5.92 Å². The smallest absolute Gasteiger partial charge is 0.341 e. The number of hydrogen-bond donors (Lipinski definition) is 0. The number of benzene rings is 2. The van der Waals surface area contributed by atoms with Crippen LogP contribution in [0.4, 0.5) is 0 Å². The Labute approximate surface area is 151 Å². The van der Waals surface area contributed by atoms with Gasteiger partial charge in [-0.1, -0.05) is 60.1 Å². The van der Waals surface area contributed by atoms with Crippen LogP contribution in [0.25, 0.3) is 0 Å². The fourth-order valence-electron chi connectivity index (χ4n) is 2.63. The second-order valence-electron chi connectivity index (χ2n) is 5.42. The Hall–Kier alpha value is -2.72. The molecule has 25 heavy (non-hydrogen) atoms. The zero-order chi connectivity index (χ0) is 17.6. The molecule has 1 heterocycles.